The molecule has 0 aromatic heterocycles. The van der Waals surface area contributed by atoms with Crippen LogP contribution in [0.1, 0.15) is 56.8 Å². The van der Waals surface area contributed by atoms with Crippen molar-refractivity contribution in [3.05, 3.63) is 80.3 Å². The van der Waals surface area contributed by atoms with Crippen molar-refractivity contribution in [1.82, 2.24) is 9.80 Å². The van der Waals surface area contributed by atoms with Gasteiger partial charge >= 0.3 is 5.97 Å². The molecule has 3 aliphatic heterocycles. The van der Waals surface area contributed by atoms with Crippen molar-refractivity contribution in [2.45, 2.75) is 57.8 Å². The largest absolute Gasteiger partial charge is 0.480 e. The van der Waals surface area contributed by atoms with Gasteiger partial charge in [-0.2, -0.15) is 0 Å². The van der Waals surface area contributed by atoms with Crippen molar-refractivity contribution in [1.29, 1.82) is 0 Å². The van der Waals surface area contributed by atoms with E-state index in [4.69, 9.17) is 28.2 Å². The van der Waals surface area contributed by atoms with E-state index in [1.165, 1.54) is 11.8 Å². The molecule has 1 amide bonds. The molecule has 2 aromatic carbocycles. The normalized spacial score (nSPS) is 25.6. The number of aliphatic carboxylic acids is 1. The molecule has 0 aliphatic carbocycles. The second kappa shape index (κ2) is 9.77. The molecule has 36 heavy (non-hydrogen) atoms. The summed E-state index contributed by atoms with van der Waals surface area (Å²) in [6, 6.07) is 14.1. The minimum absolute atomic E-state index is 0.0177. The van der Waals surface area contributed by atoms with Crippen LogP contribution in [0.4, 0.5) is 0 Å². The molecule has 6 nitrogen and oxygen atoms in total. The van der Waals surface area contributed by atoms with Crippen LogP contribution < -0.4 is 0 Å². The molecule has 4 atom stereocenters. The number of amides is 1. The lowest BCUT2D eigenvalue weighted by Gasteiger charge is -2.32. The van der Waals surface area contributed by atoms with E-state index < -0.39 is 12.0 Å². The van der Waals surface area contributed by atoms with Gasteiger partial charge in [0.1, 0.15) is 17.0 Å². The molecular weight excluding hydrogens is 517 g/mol. The monoisotopic (exact) mass is 543 g/mol. The van der Waals surface area contributed by atoms with Crippen LogP contribution in [0.25, 0.3) is 0 Å². The highest BCUT2D eigenvalue weighted by atomic mass is 35.5. The predicted molar refractivity (Wildman–Crippen MR) is 144 cm³/mol. The van der Waals surface area contributed by atoms with E-state index in [0.29, 0.717) is 27.8 Å². The lowest BCUT2D eigenvalue weighted by Crippen LogP contribution is -2.44. The Balaban J connectivity index is 1.60. The summed E-state index contributed by atoms with van der Waals surface area (Å²) in [6.45, 7) is 6.03. The van der Waals surface area contributed by atoms with Crippen LogP contribution in [0.2, 0.25) is 10.0 Å². The predicted octanol–water partition coefficient (Wildman–Crippen LogP) is 6.53. The first kappa shape index (κ1) is 25.2. The number of aliphatic imine (C=N–C) groups is 1. The zero-order valence-corrected chi connectivity index (χ0v) is 22.5. The fourth-order valence-electron chi connectivity index (χ4n) is 5.38. The lowest BCUT2D eigenvalue weighted by atomic mass is 9.92. The molecule has 0 bridgehead atoms. The maximum Gasteiger partial charge on any atom is 0.326 e. The molecule has 2 aromatic rings. The van der Waals surface area contributed by atoms with Gasteiger partial charge in [0.25, 0.3) is 5.91 Å². The van der Waals surface area contributed by atoms with Gasteiger partial charge in [0.2, 0.25) is 0 Å². The van der Waals surface area contributed by atoms with Gasteiger partial charge < -0.3 is 14.9 Å². The summed E-state index contributed by atoms with van der Waals surface area (Å²) >= 11 is 13.7. The van der Waals surface area contributed by atoms with Crippen molar-refractivity contribution in [3.8, 4) is 0 Å². The second-order valence-corrected chi connectivity index (χ2v) is 11.6. The number of carboxylic acid groups (broad SMARTS) is 1. The van der Waals surface area contributed by atoms with Gasteiger partial charge in [-0.05, 0) is 72.8 Å². The third-order valence-corrected chi connectivity index (χ3v) is 8.65. The van der Waals surface area contributed by atoms with E-state index in [0.717, 1.165) is 22.0 Å². The maximum absolute atomic E-state index is 13.9. The van der Waals surface area contributed by atoms with Gasteiger partial charge in [0.15, 0.2) is 5.17 Å². The molecule has 9 heteroatoms. The lowest BCUT2D eigenvalue weighted by molar-refractivity contribution is -0.147. The fraction of sp³-hybridized carbons (Fsp3) is 0.370. The summed E-state index contributed by atoms with van der Waals surface area (Å²) in [6.07, 6.45) is 1.14. The molecule has 3 aliphatic rings. The van der Waals surface area contributed by atoms with Gasteiger partial charge in [-0.25, -0.2) is 4.79 Å². The summed E-state index contributed by atoms with van der Waals surface area (Å²) in [5.74, 6) is -1.16. The number of allylic oxidation sites excluding steroid dienone is 1. The third kappa shape index (κ3) is 4.31. The Morgan fingerprint density at radius 3 is 2.14 bits per heavy atom. The number of likely N-dealkylation sites (tertiary alicyclic amines) is 1. The SMILES string of the molecule is CC(C)C1=C(C(=O)N2[C@H](C)CC[C@H]2C(=O)O)SC2=NC(c3ccc(Cl)cc3)[C@@H](c3ccc(Cl)cc3)N21. The van der Waals surface area contributed by atoms with Crippen molar-refractivity contribution in [2.24, 2.45) is 10.9 Å². The van der Waals surface area contributed by atoms with E-state index in [1.807, 2.05) is 55.5 Å². The summed E-state index contributed by atoms with van der Waals surface area (Å²) < 4.78 is 0. The molecule has 188 valence electrons. The number of hydrogen-bond donors (Lipinski definition) is 1. The Hall–Kier alpha value is -2.48. The Bertz CT molecular complexity index is 1260. The number of carbonyl (C=O) groups is 2. The number of thioether (sulfide) groups is 1. The Labute approximate surface area is 225 Å². The van der Waals surface area contributed by atoms with Crippen LogP contribution in [0.3, 0.4) is 0 Å². The van der Waals surface area contributed by atoms with E-state index in [2.05, 4.69) is 18.7 Å². The van der Waals surface area contributed by atoms with Crippen LogP contribution in [0, 0.1) is 5.92 Å². The number of hydrogen-bond acceptors (Lipinski definition) is 5. The number of amidine groups is 1. The van der Waals surface area contributed by atoms with Crippen LogP contribution in [-0.4, -0.2) is 44.0 Å². The molecule has 1 unspecified atom stereocenters. The first-order valence-corrected chi connectivity index (χ1v) is 13.6. The quantitative estimate of drug-likeness (QED) is 0.464. The number of carbonyl (C=O) groups excluding carboxylic acids is 1. The molecule has 1 saturated heterocycles. The number of carboxylic acids is 1. The van der Waals surface area contributed by atoms with Gasteiger partial charge in [0.05, 0.1) is 6.04 Å². The average molecular weight is 545 g/mol. The number of nitrogens with zero attached hydrogens (tertiary/aromatic N) is 3. The minimum Gasteiger partial charge on any atom is -0.480 e. The molecule has 5 rings (SSSR count). The molecule has 1 N–H and O–H groups in total. The highest BCUT2D eigenvalue weighted by molar-refractivity contribution is 8.18. The number of benzene rings is 2. The van der Waals surface area contributed by atoms with Gasteiger partial charge in [-0.1, -0.05) is 61.3 Å². The van der Waals surface area contributed by atoms with E-state index >= 15 is 0 Å². The van der Waals surface area contributed by atoms with Crippen LogP contribution in [-0.2, 0) is 9.59 Å². The molecule has 3 heterocycles. The Morgan fingerprint density at radius 2 is 1.58 bits per heavy atom. The minimum atomic E-state index is -0.956. The highest BCUT2D eigenvalue weighted by Crippen LogP contribution is 2.54. The topological polar surface area (TPSA) is 73.2 Å². The van der Waals surface area contributed by atoms with Gasteiger partial charge in [-0.15, -0.1) is 0 Å². The molecule has 0 spiro atoms. The summed E-state index contributed by atoms with van der Waals surface area (Å²) in [5, 5.41) is 11.8. The standard InChI is InChI=1S/C27H27Cl2N3O3S/c1-14(2)22-24(25(33)31-15(3)4-13-20(31)26(34)35)36-27-30-21(16-5-9-18(28)10-6-16)23(32(22)27)17-7-11-19(29)12-8-17/h5-12,14-15,20-21,23H,4,13H2,1-3H3,(H,34,35)/t15-,20+,21?,23-/m1/s1. The summed E-state index contributed by atoms with van der Waals surface area (Å²) in [5.41, 5.74) is 2.93. The Kier molecular flexibility index (Phi) is 6.83. The number of fused-ring (bicyclic) bond motifs is 1. The van der Waals surface area contributed by atoms with E-state index in [-0.39, 0.29) is 30.0 Å². The smallest absolute Gasteiger partial charge is 0.326 e. The van der Waals surface area contributed by atoms with Crippen LogP contribution in [0.15, 0.2) is 64.1 Å². The highest BCUT2D eigenvalue weighted by Gasteiger charge is 2.49. The fourth-order valence-corrected chi connectivity index (χ4v) is 6.92. The summed E-state index contributed by atoms with van der Waals surface area (Å²) in [4.78, 5) is 35.1. The first-order chi connectivity index (χ1) is 17.2. The van der Waals surface area contributed by atoms with Crippen molar-refractivity contribution < 1.29 is 14.7 Å². The van der Waals surface area contributed by atoms with Crippen molar-refractivity contribution in [3.63, 3.8) is 0 Å². The van der Waals surface area contributed by atoms with E-state index in [9.17, 15) is 14.7 Å². The third-order valence-electron chi connectivity index (χ3n) is 7.07. The zero-order chi connectivity index (χ0) is 25.7. The van der Waals surface area contributed by atoms with Gasteiger partial charge in [-0.3, -0.25) is 9.79 Å². The zero-order valence-electron chi connectivity index (χ0n) is 20.2. The van der Waals surface area contributed by atoms with Crippen LogP contribution >= 0.6 is 35.0 Å². The van der Waals surface area contributed by atoms with Gasteiger partial charge in [0, 0.05) is 21.8 Å². The maximum atomic E-state index is 13.9. The molecule has 0 saturated carbocycles. The van der Waals surface area contributed by atoms with Crippen LogP contribution in [0.5, 0.6) is 0 Å². The average Bonchev–Trinajstić information content (AvgIpc) is 3.51. The molecular formula is C27H27Cl2N3O3S. The first-order valence-electron chi connectivity index (χ1n) is 12.0. The number of rotatable bonds is 5. The number of halogens is 2. The van der Waals surface area contributed by atoms with E-state index in [1.54, 1.807) is 4.90 Å². The molecule has 0 radical (unpaired) electrons. The van der Waals surface area contributed by atoms with Crippen molar-refractivity contribution in [2.75, 3.05) is 0 Å². The molecule has 1 fully saturated rings. The Morgan fingerprint density at radius 1 is 1.00 bits per heavy atom. The summed E-state index contributed by atoms with van der Waals surface area (Å²) in [7, 11) is 0. The van der Waals surface area contributed by atoms with Crippen molar-refractivity contribution >= 4 is 52.0 Å². The second-order valence-electron chi connectivity index (χ2n) is 9.74.